The minimum Gasteiger partial charge on any atom is -0.314 e. The van der Waals surface area contributed by atoms with Crippen molar-refractivity contribution in [2.45, 2.75) is 44.9 Å². The van der Waals surface area contributed by atoms with Crippen LogP contribution in [0, 0.1) is 11.3 Å². The van der Waals surface area contributed by atoms with E-state index in [1.807, 2.05) is 5.92 Å². The van der Waals surface area contributed by atoms with E-state index >= 15 is 0 Å². The van der Waals surface area contributed by atoms with Crippen LogP contribution in [0.15, 0.2) is 30.3 Å². The molecule has 83 valence electrons. The molecule has 0 aromatic heterocycles. The third kappa shape index (κ3) is 2.59. The minimum atomic E-state index is 0. The molecule has 3 fully saturated rings. The Balaban J connectivity index is 0.000000963. The first-order valence-corrected chi connectivity index (χ1v) is 6.24. The third-order valence-electron chi connectivity index (χ3n) is 4.45. The fraction of sp³-hybridized carbons (Fsp3) is 0.533. The molecule has 0 aliphatic heterocycles. The summed E-state index contributed by atoms with van der Waals surface area (Å²) in [4.78, 5) is 0. The first-order valence-electron chi connectivity index (χ1n) is 6.24. The smallest absolute Gasteiger partial charge is 0 e. The van der Waals surface area contributed by atoms with Crippen molar-refractivity contribution in [3.63, 3.8) is 0 Å². The molecular weight excluding hydrogens is 269 g/mol. The van der Waals surface area contributed by atoms with Crippen molar-refractivity contribution in [2.24, 2.45) is 5.41 Å². The van der Waals surface area contributed by atoms with E-state index in [-0.39, 0.29) is 32.7 Å². The quantitative estimate of drug-likeness (QED) is 0.717. The number of hydrogen-bond acceptors (Lipinski definition) is 0. The number of rotatable bonds is 2. The van der Waals surface area contributed by atoms with E-state index < -0.39 is 0 Å². The maximum absolute atomic E-state index is 2.29. The molecule has 0 nitrogen and oxygen atoms in total. The summed E-state index contributed by atoms with van der Waals surface area (Å²) in [5.74, 6) is 1.85. The molecule has 1 aromatic carbocycles. The van der Waals surface area contributed by atoms with Crippen LogP contribution in [0.1, 0.15) is 44.1 Å². The van der Waals surface area contributed by atoms with Gasteiger partial charge in [-0.3, -0.25) is 0 Å². The van der Waals surface area contributed by atoms with E-state index in [4.69, 9.17) is 0 Å². The van der Waals surface area contributed by atoms with E-state index in [0.717, 1.165) is 0 Å². The number of hydrogen-bond donors (Lipinski definition) is 0. The van der Waals surface area contributed by atoms with Crippen LogP contribution in [0.3, 0.4) is 0 Å². The van der Waals surface area contributed by atoms with Gasteiger partial charge >= 0.3 is 0 Å². The van der Waals surface area contributed by atoms with Gasteiger partial charge in [0.2, 0.25) is 0 Å². The molecule has 1 heteroatoms. The van der Waals surface area contributed by atoms with Crippen molar-refractivity contribution in [3.05, 3.63) is 41.8 Å². The average molecular weight is 288 g/mol. The van der Waals surface area contributed by atoms with E-state index in [1.165, 1.54) is 44.9 Å². The molecule has 3 aliphatic carbocycles. The first kappa shape index (κ1) is 12.8. The van der Waals surface area contributed by atoms with Crippen molar-refractivity contribution < 1.29 is 32.7 Å². The predicted octanol–water partition coefficient (Wildman–Crippen LogP) is 4.16. The molecule has 4 rings (SSSR count). The summed E-state index contributed by atoms with van der Waals surface area (Å²) >= 11 is 0. The summed E-state index contributed by atoms with van der Waals surface area (Å²) in [5.41, 5.74) is 2.21. The van der Waals surface area contributed by atoms with Crippen LogP contribution >= 0.6 is 0 Å². The molecule has 3 saturated carbocycles. The maximum Gasteiger partial charge on any atom is 0 e. The van der Waals surface area contributed by atoms with Crippen LogP contribution in [0.25, 0.3) is 0 Å². The number of benzene rings is 1. The largest absolute Gasteiger partial charge is 0.314 e. The molecule has 16 heavy (non-hydrogen) atoms. The molecule has 0 spiro atoms. The minimum absolute atomic E-state index is 0. The normalized spacial score (nSPS) is 22.8. The van der Waals surface area contributed by atoms with Gasteiger partial charge in [-0.05, 0) is 17.4 Å². The van der Waals surface area contributed by atoms with Gasteiger partial charge in [0.25, 0.3) is 0 Å². The monoisotopic (exact) mass is 288 g/mol. The van der Waals surface area contributed by atoms with Gasteiger partial charge < -0.3 is 5.92 Å². The summed E-state index contributed by atoms with van der Waals surface area (Å²) < 4.78 is 0. The van der Waals surface area contributed by atoms with E-state index in [0.29, 0.717) is 5.41 Å². The summed E-state index contributed by atoms with van der Waals surface area (Å²) in [6.45, 7) is 0. The molecule has 0 atom stereocenters. The zero-order chi connectivity index (χ0) is 10.1. The van der Waals surface area contributed by atoms with Crippen molar-refractivity contribution in [3.8, 4) is 0 Å². The van der Waals surface area contributed by atoms with Gasteiger partial charge in [-0.15, -0.1) is 0 Å². The average Bonchev–Trinajstić information content (AvgIpc) is 2.32. The molecule has 0 unspecified atom stereocenters. The zero-order valence-corrected chi connectivity index (χ0v) is 12.8. The first-order chi connectivity index (χ1) is 7.36. The van der Waals surface area contributed by atoms with E-state index in [1.54, 1.807) is 5.56 Å². The number of fused-ring (bicyclic) bond motifs is 3. The van der Waals surface area contributed by atoms with E-state index in [2.05, 4.69) is 30.3 Å². The maximum atomic E-state index is 2.29. The van der Waals surface area contributed by atoms with Crippen LogP contribution in [-0.4, -0.2) is 0 Å². The predicted molar refractivity (Wildman–Crippen MR) is 63.5 cm³/mol. The van der Waals surface area contributed by atoms with Gasteiger partial charge in [-0.2, -0.15) is 19.3 Å². The third-order valence-corrected chi connectivity index (χ3v) is 4.45. The Bertz CT molecular complexity index is 309. The van der Waals surface area contributed by atoms with Gasteiger partial charge in [0.05, 0.1) is 0 Å². The Morgan fingerprint density at radius 1 is 0.938 bits per heavy atom. The fourth-order valence-electron chi connectivity index (χ4n) is 3.37. The van der Waals surface area contributed by atoms with Crippen LogP contribution < -0.4 is 0 Å². The Morgan fingerprint density at radius 2 is 1.50 bits per heavy atom. The van der Waals surface area contributed by atoms with Crippen LogP contribution in [-0.2, 0) is 39.1 Å². The topological polar surface area (TPSA) is 0 Å². The second kappa shape index (κ2) is 5.31. The van der Waals surface area contributed by atoms with Gasteiger partial charge in [-0.25, -0.2) is 0 Å². The van der Waals surface area contributed by atoms with Crippen LogP contribution in [0.2, 0.25) is 0 Å². The standard InChI is InChI=1S/C15H19.Y/c1-2-4-14(5-3-1)12-15-9-6-13(7-10-15)8-11-15;/h1-5H,6-12H2;/q-1;. The van der Waals surface area contributed by atoms with Crippen LogP contribution in [0.5, 0.6) is 0 Å². The van der Waals surface area contributed by atoms with E-state index in [9.17, 15) is 0 Å². The summed E-state index contributed by atoms with van der Waals surface area (Å²) in [6, 6.07) is 11.1. The molecule has 3 aliphatic rings. The Labute approximate surface area is 124 Å². The van der Waals surface area contributed by atoms with Gasteiger partial charge in [-0.1, -0.05) is 49.6 Å². The van der Waals surface area contributed by atoms with Gasteiger partial charge in [0.1, 0.15) is 0 Å². The van der Waals surface area contributed by atoms with Gasteiger partial charge in [0.15, 0.2) is 0 Å². The molecule has 0 N–H and O–H groups in total. The summed E-state index contributed by atoms with van der Waals surface area (Å²) in [5, 5.41) is 0. The second-order valence-corrected chi connectivity index (χ2v) is 5.41. The molecule has 1 radical (unpaired) electrons. The fourth-order valence-corrected chi connectivity index (χ4v) is 3.37. The Kier molecular flexibility index (Phi) is 4.24. The molecule has 1 aromatic rings. The SMILES string of the molecule is [Y].c1ccc(CC23CC[C-](CC2)CC3)cc1. The van der Waals surface area contributed by atoms with Crippen molar-refractivity contribution >= 4 is 0 Å². The van der Waals surface area contributed by atoms with Crippen molar-refractivity contribution in [1.82, 2.24) is 0 Å². The Hall–Kier alpha value is 0.324. The van der Waals surface area contributed by atoms with Crippen molar-refractivity contribution in [1.29, 1.82) is 0 Å². The molecule has 0 amide bonds. The zero-order valence-electron chi connectivity index (χ0n) is 9.91. The molecule has 0 saturated heterocycles. The van der Waals surface area contributed by atoms with Crippen molar-refractivity contribution in [2.75, 3.05) is 0 Å². The molecular formula is C15H19Y-. The summed E-state index contributed by atoms with van der Waals surface area (Å²) in [6.07, 6.45) is 9.96. The molecule has 0 heterocycles. The molecule has 2 bridgehead atoms. The van der Waals surface area contributed by atoms with Gasteiger partial charge in [0, 0.05) is 32.7 Å². The summed E-state index contributed by atoms with van der Waals surface area (Å²) in [7, 11) is 0. The second-order valence-electron chi connectivity index (χ2n) is 5.41. The van der Waals surface area contributed by atoms with Crippen LogP contribution in [0.4, 0.5) is 0 Å². The Morgan fingerprint density at radius 3 is 2.06 bits per heavy atom.